The van der Waals surface area contributed by atoms with Crippen LogP contribution in [-0.2, 0) is 29.3 Å². The molecule has 5 rings (SSSR count). The van der Waals surface area contributed by atoms with Crippen molar-refractivity contribution in [2.24, 2.45) is 0 Å². The Morgan fingerprint density at radius 3 is 1.91 bits per heavy atom. The van der Waals surface area contributed by atoms with Gasteiger partial charge < -0.3 is 14.2 Å². The van der Waals surface area contributed by atoms with Crippen molar-refractivity contribution in [1.29, 1.82) is 0 Å². The number of benzene rings is 3. The lowest BCUT2D eigenvalue weighted by molar-refractivity contribution is -0.158. The molecule has 162 valence electrons. The molecule has 0 bridgehead atoms. The number of hydrogen-bond donors (Lipinski definition) is 0. The first-order valence-electron chi connectivity index (χ1n) is 10.4. The molecule has 2 atom stereocenters. The molecule has 1 fully saturated rings. The average molecular weight is 429 g/mol. The SMILES string of the molecule is COC(=O)[C@@H]1[C@H](C(=O)OC)OCN1C1(c2ccccc2)c2ccccc2-c2ccccc21. The molecule has 2 aliphatic rings. The summed E-state index contributed by atoms with van der Waals surface area (Å²) in [6.07, 6.45) is -1.09. The maximum absolute atomic E-state index is 13.1. The Labute approximate surface area is 186 Å². The highest BCUT2D eigenvalue weighted by Gasteiger charge is 2.58. The zero-order valence-corrected chi connectivity index (χ0v) is 17.9. The summed E-state index contributed by atoms with van der Waals surface area (Å²) in [5, 5.41) is 0. The largest absolute Gasteiger partial charge is 0.468 e. The van der Waals surface area contributed by atoms with Crippen molar-refractivity contribution in [2.45, 2.75) is 17.7 Å². The van der Waals surface area contributed by atoms with E-state index in [2.05, 4.69) is 24.3 Å². The lowest BCUT2D eigenvalue weighted by Gasteiger charge is -2.42. The second kappa shape index (κ2) is 7.89. The van der Waals surface area contributed by atoms with Crippen LogP contribution in [0.25, 0.3) is 11.1 Å². The van der Waals surface area contributed by atoms with Crippen molar-refractivity contribution in [3.8, 4) is 11.1 Å². The van der Waals surface area contributed by atoms with E-state index in [-0.39, 0.29) is 6.73 Å². The minimum atomic E-state index is -1.09. The van der Waals surface area contributed by atoms with Gasteiger partial charge in [0.15, 0.2) is 6.10 Å². The van der Waals surface area contributed by atoms with Gasteiger partial charge in [0.2, 0.25) is 0 Å². The molecule has 0 amide bonds. The normalized spacial score (nSPS) is 20.9. The molecule has 0 radical (unpaired) electrons. The molecule has 1 heterocycles. The number of esters is 2. The van der Waals surface area contributed by atoms with E-state index < -0.39 is 29.6 Å². The van der Waals surface area contributed by atoms with E-state index >= 15 is 0 Å². The minimum absolute atomic E-state index is 0.0527. The Balaban J connectivity index is 1.83. The van der Waals surface area contributed by atoms with Gasteiger partial charge in [-0.1, -0.05) is 78.9 Å². The van der Waals surface area contributed by atoms with Crippen LogP contribution in [0.4, 0.5) is 0 Å². The summed E-state index contributed by atoms with van der Waals surface area (Å²) in [5.74, 6) is -1.15. The first-order valence-corrected chi connectivity index (χ1v) is 10.4. The monoisotopic (exact) mass is 429 g/mol. The fourth-order valence-corrected chi connectivity index (χ4v) is 5.16. The summed E-state index contributed by atoms with van der Waals surface area (Å²) in [5.41, 5.74) is 4.33. The zero-order chi connectivity index (χ0) is 22.3. The molecule has 0 aromatic heterocycles. The van der Waals surface area contributed by atoms with E-state index in [1.54, 1.807) is 0 Å². The Bertz CT molecular complexity index is 1130. The van der Waals surface area contributed by atoms with Crippen LogP contribution < -0.4 is 0 Å². The Morgan fingerprint density at radius 1 is 0.812 bits per heavy atom. The lowest BCUT2D eigenvalue weighted by Crippen LogP contribution is -2.55. The summed E-state index contributed by atoms with van der Waals surface area (Å²) in [6, 6.07) is 25.3. The molecule has 1 saturated heterocycles. The van der Waals surface area contributed by atoms with Gasteiger partial charge in [0.05, 0.1) is 14.2 Å². The van der Waals surface area contributed by atoms with Gasteiger partial charge in [0.1, 0.15) is 18.3 Å². The van der Waals surface area contributed by atoms with Gasteiger partial charge in [-0.3, -0.25) is 4.79 Å². The van der Waals surface area contributed by atoms with Gasteiger partial charge in [-0.2, -0.15) is 0 Å². The summed E-state index contributed by atoms with van der Waals surface area (Å²) in [4.78, 5) is 27.5. The van der Waals surface area contributed by atoms with E-state index in [0.29, 0.717) is 0 Å². The molecule has 6 heteroatoms. The quantitative estimate of drug-likeness (QED) is 0.593. The van der Waals surface area contributed by atoms with Gasteiger partial charge in [-0.25, -0.2) is 9.69 Å². The lowest BCUT2D eigenvalue weighted by atomic mass is 9.78. The predicted octanol–water partition coefficient (Wildman–Crippen LogP) is 3.33. The molecule has 1 aliphatic heterocycles. The molecule has 6 nitrogen and oxygen atoms in total. The van der Waals surface area contributed by atoms with Gasteiger partial charge >= 0.3 is 11.9 Å². The van der Waals surface area contributed by atoms with Gasteiger partial charge in [-0.15, -0.1) is 0 Å². The number of carbonyl (C=O) groups is 2. The highest BCUT2D eigenvalue weighted by molar-refractivity contribution is 5.89. The second-order valence-corrected chi connectivity index (χ2v) is 7.84. The van der Waals surface area contributed by atoms with Gasteiger partial charge in [-0.05, 0) is 27.8 Å². The van der Waals surface area contributed by atoms with Crippen LogP contribution in [0.2, 0.25) is 0 Å². The van der Waals surface area contributed by atoms with Crippen LogP contribution in [0.15, 0.2) is 78.9 Å². The Morgan fingerprint density at radius 2 is 1.34 bits per heavy atom. The third-order valence-corrected chi connectivity index (χ3v) is 6.44. The molecule has 32 heavy (non-hydrogen) atoms. The summed E-state index contributed by atoms with van der Waals surface area (Å²) < 4.78 is 16.0. The molecular formula is C26H23NO5. The topological polar surface area (TPSA) is 65.1 Å². The van der Waals surface area contributed by atoms with Crippen LogP contribution in [-0.4, -0.2) is 49.9 Å². The number of fused-ring (bicyclic) bond motifs is 3. The number of hydrogen-bond acceptors (Lipinski definition) is 6. The molecule has 0 spiro atoms. The number of methoxy groups -OCH3 is 2. The second-order valence-electron chi connectivity index (χ2n) is 7.84. The van der Waals surface area contributed by atoms with Crippen molar-refractivity contribution in [3.05, 3.63) is 95.6 Å². The van der Waals surface area contributed by atoms with E-state index in [1.165, 1.54) is 14.2 Å². The predicted molar refractivity (Wildman–Crippen MR) is 118 cm³/mol. The molecule has 0 unspecified atom stereocenters. The maximum Gasteiger partial charge on any atom is 0.337 e. The summed E-state index contributed by atoms with van der Waals surface area (Å²) >= 11 is 0. The Hall–Kier alpha value is -3.48. The van der Waals surface area contributed by atoms with E-state index in [9.17, 15) is 9.59 Å². The standard InChI is InChI=1S/C26H23NO5/c1-30-24(28)22-23(25(29)31-2)32-16-27(22)26(17-10-4-3-5-11-17)20-14-8-6-12-18(20)19-13-7-9-15-21(19)26/h3-15,22-23H,16H2,1-2H3/t22-,23+/m0/s1. The number of ether oxygens (including phenoxy) is 3. The van der Waals surface area contributed by atoms with E-state index in [0.717, 1.165) is 27.8 Å². The number of carbonyl (C=O) groups excluding carboxylic acids is 2. The Kier molecular flexibility index (Phi) is 5.04. The highest BCUT2D eigenvalue weighted by atomic mass is 16.6. The van der Waals surface area contributed by atoms with Crippen molar-refractivity contribution >= 4 is 11.9 Å². The number of nitrogens with zero attached hydrogens (tertiary/aromatic N) is 1. The first kappa shape index (κ1) is 20.4. The minimum Gasteiger partial charge on any atom is -0.468 e. The summed E-state index contributed by atoms with van der Waals surface area (Å²) in [7, 11) is 2.61. The summed E-state index contributed by atoms with van der Waals surface area (Å²) in [6.45, 7) is 0.0527. The highest BCUT2D eigenvalue weighted by Crippen LogP contribution is 2.55. The van der Waals surface area contributed by atoms with Crippen LogP contribution in [0, 0.1) is 0 Å². The van der Waals surface area contributed by atoms with Crippen molar-refractivity contribution in [3.63, 3.8) is 0 Å². The number of rotatable bonds is 4. The van der Waals surface area contributed by atoms with Gasteiger partial charge in [0.25, 0.3) is 0 Å². The van der Waals surface area contributed by atoms with Crippen molar-refractivity contribution in [1.82, 2.24) is 4.90 Å². The van der Waals surface area contributed by atoms with Crippen LogP contribution >= 0.6 is 0 Å². The van der Waals surface area contributed by atoms with E-state index in [1.807, 2.05) is 59.5 Å². The van der Waals surface area contributed by atoms with Crippen LogP contribution in [0.3, 0.4) is 0 Å². The van der Waals surface area contributed by atoms with Crippen molar-refractivity contribution < 1.29 is 23.8 Å². The van der Waals surface area contributed by atoms with Crippen LogP contribution in [0.5, 0.6) is 0 Å². The first-order chi connectivity index (χ1) is 15.6. The third kappa shape index (κ3) is 2.73. The third-order valence-electron chi connectivity index (χ3n) is 6.44. The van der Waals surface area contributed by atoms with Crippen molar-refractivity contribution in [2.75, 3.05) is 21.0 Å². The van der Waals surface area contributed by atoms with E-state index in [4.69, 9.17) is 14.2 Å². The smallest absolute Gasteiger partial charge is 0.337 e. The molecule has 0 saturated carbocycles. The zero-order valence-electron chi connectivity index (χ0n) is 17.9. The van der Waals surface area contributed by atoms with Gasteiger partial charge in [0, 0.05) is 0 Å². The molecule has 3 aromatic carbocycles. The average Bonchev–Trinajstić information content (AvgIpc) is 3.42. The maximum atomic E-state index is 13.1. The fourth-order valence-electron chi connectivity index (χ4n) is 5.16. The fraction of sp³-hybridized carbons (Fsp3) is 0.231. The van der Waals surface area contributed by atoms with Crippen LogP contribution in [0.1, 0.15) is 16.7 Å². The molecule has 1 aliphatic carbocycles. The molecule has 0 N–H and O–H groups in total. The molecular weight excluding hydrogens is 406 g/mol. The molecule has 3 aromatic rings.